The minimum atomic E-state index is -0.115. The Balaban J connectivity index is 1.71. The number of hydrogen-bond donors (Lipinski definition) is 1. The molecule has 2 amide bonds. The number of hydrogen-bond acceptors (Lipinski definition) is 3. The lowest BCUT2D eigenvalue weighted by Crippen LogP contribution is -2.30. The van der Waals surface area contributed by atoms with Gasteiger partial charge in [0, 0.05) is 37.8 Å². The molecule has 0 bridgehead atoms. The lowest BCUT2D eigenvalue weighted by molar-refractivity contribution is -0.127. The van der Waals surface area contributed by atoms with Crippen LogP contribution in [0.5, 0.6) is 0 Å². The average molecular weight is 326 g/mol. The molecule has 1 aromatic rings. The van der Waals surface area contributed by atoms with Crippen LogP contribution < -0.4 is 5.32 Å². The molecule has 19 heavy (non-hydrogen) atoms. The molecule has 0 aliphatic carbocycles. The molecule has 2 heterocycles. The Morgan fingerprint density at radius 2 is 2.37 bits per heavy atom. The van der Waals surface area contributed by atoms with E-state index in [2.05, 4.69) is 26.2 Å². The van der Waals surface area contributed by atoms with Crippen molar-refractivity contribution in [2.45, 2.75) is 19.3 Å². The molecule has 0 spiro atoms. The van der Waals surface area contributed by atoms with Crippen molar-refractivity contribution in [3.05, 3.63) is 28.5 Å². The smallest absolute Gasteiger partial charge is 0.251 e. The van der Waals surface area contributed by atoms with Gasteiger partial charge in [-0.05, 0) is 40.9 Å². The van der Waals surface area contributed by atoms with Crippen molar-refractivity contribution >= 4 is 27.7 Å². The van der Waals surface area contributed by atoms with Crippen LogP contribution in [0.3, 0.4) is 0 Å². The third-order valence-corrected chi connectivity index (χ3v) is 3.48. The summed E-state index contributed by atoms with van der Waals surface area (Å²) in [6.45, 7) is 2.14. The van der Waals surface area contributed by atoms with Crippen LogP contribution in [0.2, 0.25) is 0 Å². The first-order valence-corrected chi connectivity index (χ1v) is 7.13. The molecule has 0 radical (unpaired) electrons. The van der Waals surface area contributed by atoms with Crippen LogP contribution in [0.25, 0.3) is 0 Å². The molecule has 1 fully saturated rings. The Labute approximate surface area is 120 Å². The predicted octanol–water partition coefficient (Wildman–Crippen LogP) is 1.59. The second-order valence-corrected chi connectivity index (χ2v) is 5.27. The Morgan fingerprint density at radius 3 is 3.05 bits per heavy atom. The standard InChI is InChI=1S/C13H16BrN3O2/c14-11-9-10(4-6-15-11)13(19)16-5-2-8-17-7-1-3-12(17)18/h4,6,9H,1-3,5,7-8H2,(H,16,19). The highest BCUT2D eigenvalue weighted by atomic mass is 79.9. The maximum absolute atomic E-state index is 11.8. The van der Waals surface area contributed by atoms with Crippen LogP contribution in [0, 0.1) is 0 Å². The summed E-state index contributed by atoms with van der Waals surface area (Å²) >= 11 is 3.23. The van der Waals surface area contributed by atoms with E-state index in [0.717, 1.165) is 25.9 Å². The first-order valence-electron chi connectivity index (χ1n) is 6.34. The van der Waals surface area contributed by atoms with Crippen molar-refractivity contribution in [1.29, 1.82) is 0 Å². The molecular weight excluding hydrogens is 310 g/mol. The van der Waals surface area contributed by atoms with Gasteiger partial charge in [0.25, 0.3) is 5.91 Å². The Hall–Kier alpha value is -1.43. The monoisotopic (exact) mass is 325 g/mol. The van der Waals surface area contributed by atoms with E-state index in [-0.39, 0.29) is 11.8 Å². The predicted molar refractivity (Wildman–Crippen MR) is 74.7 cm³/mol. The van der Waals surface area contributed by atoms with Gasteiger partial charge >= 0.3 is 0 Å². The van der Waals surface area contributed by atoms with Gasteiger partial charge in [-0.15, -0.1) is 0 Å². The van der Waals surface area contributed by atoms with Gasteiger partial charge in [0.2, 0.25) is 5.91 Å². The number of likely N-dealkylation sites (tertiary alicyclic amines) is 1. The quantitative estimate of drug-likeness (QED) is 0.660. The van der Waals surface area contributed by atoms with Crippen molar-refractivity contribution in [1.82, 2.24) is 15.2 Å². The number of carbonyl (C=O) groups is 2. The summed E-state index contributed by atoms with van der Waals surface area (Å²) in [5.74, 6) is 0.111. The Kier molecular flexibility index (Phi) is 4.90. The van der Waals surface area contributed by atoms with E-state index in [1.54, 1.807) is 18.3 Å². The third kappa shape index (κ3) is 4.02. The van der Waals surface area contributed by atoms with Gasteiger partial charge in [0.05, 0.1) is 0 Å². The summed E-state index contributed by atoms with van der Waals surface area (Å²) in [6, 6.07) is 3.35. The normalized spacial score (nSPS) is 14.8. The molecular formula is C13H16BrN3O2. The average Bonchev–Trinajstić information content (AvgIpc) is 2.80. The molecule has 0 atom stereocenters. The molecule has 1 saturated heterocycles. The van der Waals surface area contributed by atoms with E-state index in [0.29, 0.717) is 23.1 Å². The van der Waals surface area contributed by atoms with Crippen molar-refractivity contribution in [3.8, 4) is 0 Å². The molecule has 1 aliphatic heterocycles. The highest BCUT2D eigenvalue weighted by Crippen LogP contribution is 2.10. The number of halogens is 1. The molecule has 0 unspecified atom stereocenters. The van der Waals surface area contributed by atoms with E-state index in [4.69, 9.17) is 0 Å². The van der Waals surface area contributed by atoms with Crippen LogP contribution in [0.15, 0.2) is 22.9 Å². The van der Waals surface area contributed by atoms with E-state index >= 15 is 0 Å². The number of aromatic nitrogens is 1. The van der Waals surface area contributed by atoms with Gasteiger partial charge in [-0.3, -0.25) is 9.59 Å². The fourth-order valence-corrected chi connectivity index (χ4v) is 2.42. The Morgan fingerprint density at radius 1 is 1.53 bits per heavy atom. The second kappa shape index (κ2) is 6.65. The number of pyridine rings is 1. The van der Waals surface area contributed by atoms with Crippen LogP contribution in [-0.4, -0.2) is 41.3 Å². The molecule has 6 heteroatoms. The molecule has 5 nitrogen and oxygen atoms in total. The van der Waals surface area contributed by atoms with Crippen molar-refractivity contribution in [2.75, 3.05) is 19.6 Å². The zero-order valence-corrected chi connectivity index (χ0v) is 12.1. The van der Waals surface area contributed by atoms with Gasteiger partial charge in [-0.2, -0.15) is 0 Å². The molecule has 102 valence electrons. The summed E-state index contributed by atoms with van der Waals surface area (Å²) < 4.78 is 0.641. The van der Waals surface area contributed by atoms with E-state index in [9.17, 15) is 9.59 Å². The zero-order valence-electron chi connectivity index (χ0n) is 10.6. The molecule has 2 rings (SSSR count). The molecule has 1 aliphatic rings. The highest BCUT2D eigenvalue weighted by Gasteiger charge is 2.19. The highest BCUT2D eigenvalue weighted by molar-refractivity contribution is 9.10. The van der Waals surface area contributed by atoms with E-state index in [1.165, 1.54) is 0 Å². The maximum Gasteiger partial charge on any atom is 0.251 e. The largest absolute Gasteiger partial charge is 0.352 e. The summed E-state index contributed by atoms with van der Waals surface area (Å²) in [6.07, 6.45) is 3.99. The SMILES string of the molecule is O=C(NCCCN1CCCC1=O)c1ccnc(Br)c1. The van der Waals surface area contributed by atoms with Gasteiger partial charge in [-0.25, -0.2) is 4.98 Å². The number of amides is 2. The topological polar surface area (TPSA) is 62.3 Å². The second-order valence-electron chi connectivity index (χ2n) is 4.46. The lowest BCUT2D eigenvalue weighted by Gasteiger charge is -2.15. The maximum atomic E-state index is 11.8. The third-order valence-electron chi connectivity index (χ3n) is 3.05. The van der Waals surface area contributed by atoms with Crippen LogP contribution in [0.1, 0.15) is 29.6 Å². The molecule has 1 aromatic heterocycles. The first-order chi connectivity index (χ1) is 9.16. The van der Waals surface area contributed by atoms with Crippen molar-refractivity contribution in [2.24, 2.45) is 0 Å². The minimum Gasteiger partial charge on any atom is -0.352 e. The molecule has 0 saturated carbocycles. The first kappa shape index (κ1) is 14.0. The van der Waals surface area contributed by atoms with Crippen LogP contribution in [0.4, 0.5) is 0 Å². The Bertz CT molecular complexity index is 479. The van der Waals surface area contributed by atoms with Crippen molar-refractivity contribution < 1.29 is 9.59 Å². The number of nitrogens with one attached hydrogen (secondary N) is 1. The fraction of sp³-hybridized carbons (Fsp3) is 0.462. The number of carbonyl (C=O) groups excluding carboxylic acids is 2. The number of rotatable bonds is 5. The summed E-state index contributed by atoms with van der Waals surface area (Å²) in [5.41, 5.74) is 0.583. The summed E-state index contributed by atoms with van der Waals surface area (Å²) in [4.78, 5) is 29.0. The van der Waals surface area contributed by atoms with Gasteiger partial charge in [0.15, 0.2) is 0 Å². The molecule has 1 N–H and O–H groups in total. The summed E-state index contributed by atoms with van der Waals surface area (Å²) in [7, 11) is 0. The zero-order chi connectivity index (χ0) is 13.7. The van der Waals surface area contributed by atoms with Crippen LogP contribution >= 0.6 is 15.9 Å². The summed E-state index contributed by atoms with van der Waals surface area (Å²) in [5, 5.41) is 2.84. The van der Waals surface area contributed by atoms with Gasteiger partial charge in [-0.1, -0.05) is 0 Å². The van der Waals surface area contributed by atoms with Gasteiger partial charge in [0.1, 0.15) is 4.60 Å². The molecule has 0 aromatic carbocycles. The lowest BCUT2D eigenvalue weighted by atomic mass is 10.2. The van der Waals surface area contributed by atoms with Crippen LogP contribution in [-0.2, 0) is 4.79 Å². The minimum absolute atomic E-state index is 0.115. The van der Waals surface area contributed by atoms with E-state index in [1.807, 2.05) is 4.90 Å². The van der Waals surface area contributed by atoms with Crippen molar-refractivity contribution in [3.63, 3.8) is 0 Å². The fourth-order valence-electron chi connectivity index (χ4n) is 2.06. The van der Waals surface area contributed by atoms with E-state index < -0.39 is 0 Å². The van der Waals surface area contributed by atoms with Gasteiger partial charge < -0.3 is 10.2 Å². The number of nitrogens with zero attached hydrogens (tertiary/aromatic N) is 2.